The summed E-state index contributed by atoms with van der Waals surface area (Å²) in [5, 5.41) is 0. The molecule has 1 aliphatic rings. The van der Waals surface area contributed by atoms with Crippen LogP contribution in [0.25, 0.3) is 0 Å². The first-order valence-corrected chi connectivity index (χ1v) is 6.04. The summed E-state index contributed by atoms with van der Waals surface area (Å²) in [6.07, 6.45) is 13.5. The average Bonchev–Trinajstić information content (AvgIpc) is 2.25. The molecule has 0 amide bonds. The van der Waals surface area contributed by atoms with E-state index in [0.29, 0.717) is 11.7 Å². The van der Waals surface area contributed by atoms with E-state index < -0.39 is 0 Å². The Morgan fingerprint density at radius 3 is 2.64 bits per heavy atom. The fourth-order valence-corrected chi connectivity index (χ4v) is 2.00. The Labute approximate surface area is 87.6 Å². The maximum absolute atomic E-state index is 11.4. The van der Waals surface area contributed by atoms with Gasteiger partial charge in [-0.1, -0.05) is 38.7 Å². The summed E-state index contributed by atoms with van der Waals surface area (Å²) in [6.45, 7) is 2.12. The molecule has 0 bridgehead atoms. The molecule has 0 spiro atoms. The second kappa shape index (κ2) is 6.80. The molecule has 0 aromatic rings. The first-order valence-electron chi connectivity index (χ1n) is 6.04. The van der Waals surface area contributed by atoms with Crippen LogP contribution in [0.15, 0.2) is 12.2 Å². The third-order valence-corrected chi connectivity index (χ3v) is 2.98. The molecule has 1 aliphatic carbocycles. The van der Waals surface area contributed by atoms with Gasteiger partial charge in [0.2, 0.25) is 0 Å². The van der Waals surface area contributed by atoms with Gasteiger partial charge in [0.05, 0.1) is 0 Å². The molecule has 1 rings (SSSR count). The van der Waals surface area contributed by atoms with Crippen molar-refractivity contribution in [1.29, 1.82) is 0 Å². The summed E-state index contributed by atoms with van der Waals surface area (Å²) in [4.78, 5) is 11.4. The highest BCUT2D eigenvalue weighted by molar-refractivity contribution is 5.89. The minimum atomic E-state index is 0.317. The van der Waals surface area contributed by atoms with Crippen LogP contribution < -0.4 is 0 Å². The lowest BCUT2D eigenvalue weighted by molar-refractivity contribution is -0.114. The number of carbonyl (C=O) groups is 1. The van der Waals surface area contributed by atoms with E-state index in [1.165, 1.54) is 32.1 Å². The summed E-state index contributed by atoms with van der Waals surface area (Å²) in [5.41, 5.74) is 0. The SMILES string of the molecule is CCCCC(=O)/C=C\C1CCCCC1. The smallest absolute Gasteiger partial charge is 0.155 e. The Morgan fingerprint density at radius 1 is 1.29 bits per heavy atom. The van der Waals surface area contributed by atoms with Crippen molar-refractivity contribution in [3.8, 4) is 0 Å². The minimum absolute atomic E-state index is 0.317. The summed E-state index contributed by atoms with van der Waals surface area (Å²) < 4.78 is 0. The average molecular weight is 194 g/mol. The highest BCUT2D eigenvalue weighted by Gasteiger charge is 2.09. The van der Waals surface area contributed by atoms with E-state index in [1.54, 1.807) is 0 Å². The zero-order chi connectivity index (χ0) is 10.2. The molecule has 1 nitrogen and oxygen atoms in total. The van der Waals surface area contributed by atoms with Crippen molar-refractivity contribution in [3.63, 3.8) is 0 Å². The predicted molar refractivity (Wildman–Crippen MR) is 60.2 cm³/mol. The van der Waals surface area contributed by atoms with E-state index in [9.17, 15) is 4.79 Å². The van der Waals surface area contributed by atoms with Crippen molar-refractivity contribution in [3.05, 3.63) is 12.2 Å². The van der Waals surface area contributed by atoms with Crippen LogP contribution in [0.2, 0.25) is 0 Å². The van der Waals surface area contributed by atoms with Crippen LogP contribution in [0.4, 0.5) is 0 Å². The fraction of sp³-hybridized carbons (Fsp3) is 0.769. The lowest BCUT2D eigenvalue weighted by Gasteiger charge is -2.17. The molecule has 0 heterocycles. The molecule has 1 heteroatoms. The molecule has 1 saturated carbocycles. The van der Waals surface area contributed by atoms with Gasteiger partial charge in [0.15, 0.2) is 5.78 Å². The predicted octanol–water partition coefficient (Wildman–Crippen LogP) is 3.88. The molecular weight excluding hydrogens is 172 g/mol. The number of carbonyl (C=O) groups excluding carboxylic acids is 1. The largest absolute Gasteiger partial charge is 0.295 e. The molecule has 0 atom stereocenters. The zero-order valence-corrected chi connectivity index (χ0v) is 9.30. The topological polar surface area (TPSA) is 17.1 Å². The Morgan fingerprint density at radius 2 is 2.00 bits per heavy atom. The standard InChI is InChI=1S/C13H22O/c1-2-3-9-13(14)11-10-12-7-5-4-6-8-12/h10-12H,2-9H2,1H3/b11-10-. The highest BCUT2D eigenvalue weighted by Crippen LogP contribution is 2.24. The maximum atomic E-state index is 11.4. The number of rotatable bonds is 5. The Hall–Kier alpha value is -0.590. The molecule has 0 saturated heterocycles. The van der Waals surface area contributed by atoms with E-state index in [0.717, 1.165) is 19.3 Å². The third kappa shape index (κ3) is 4.59. The highest BCUT2D eigenvalue weighted by atomic mass is 16.1. The normalized spacial score (nSPS) is 18.9. The van der Waals surface area contributed by atoms with Crippen molar-refractivity contribution in [1.82, 2.24) is 0 Å². The van der Waals surface area contributed by atoms with Crippen LogP contribution in [0, 0.1) is 5.92 Å². The maximum Gasteiger partial charge on any atom is 0.155 e. The number of hydrogen-bond acceptors (Lipinski definition) is 1. The fourth-order valence-electron chi connectivity index (χ4n) is 2.00. The minimum Gasteiger partial charge on any atom is -0.295 e. The van der Waals surface area contributed by atoms with E-state index in [1.807, 2.05) is 6.08 Å². The third-order valence-electron chi connectivity index (χ3n) is 2.98. The van der Waals surface area contributed by atoms with Crippen LogP contribution in [0.1, 0.15) is 58.3 Å². The molecule has 14 heavy (non-hydrogen) atoms. The van der Waals surface area contributed by atoms with Crippen molar-refractivity contribution in [2.45, 2.75) is 58.3 Å². The Kier molecular flexibility index (Phi) is 5.58. The van der Waals surface area contributed by atoms with Gasteiger partial charge in [-0.05, 0) is 31.3 Å². The van der Waals surface area contributed by atoms with Crippen LogP contribution in [0.5, 0.6) is 0 Å². The Balaban J connectivity index is 2.20. The van der Waals surface area contributed by atoms with Crippen LogP contribution in [-0.4, -0.2) is 5.78 Å². The zero-order valence-electron chi connectivity index (χ0n) is 9.30. The van der Waals surface area contributed by atoms with Gasteiger partial charge in [-0.3, -0.25) is 4.79 Å². The lowest BCUT2D eigenvalue weighted by atomic mass is 9.89. The molecule has 0 aromatic carbocycles. The van der Waals surface area contributed by atoms with Crippen LogP contribution in [-0.2, 0) is 4.79 Å². The summed E-state index contributed by atoms with van der Waals surface area (Å²) >= 11 is 0. The molecular formula is C13H22O. The van der Waals surface area contributed by atoms with Gasteiger partial charge in [0.1, 0.15) is 0 Å². The molecule has 0 unspecified atom stereocenters. The van der Waals surface area contributed by atoms with Gasteiger partial charge in [-0.15, -0.1) is 0 Å². The summed E-state index contributed by atoms with van der Waals surface area (Å²) in [6, 6.07) is 0. The first kappa shape index (κ1) is 11.5. The summed E-state index contributed by atoms with van der Waals surface area (Å²) in [5.74, 6) is 1.01. The Bertz CT molecular complexity index is 187. The van der Waals surface area contributed by atoms with Gasteiger partial charge < -0.3 is 0 Å². The number of allylic oxidation sites excluding steroid dienone is 2. The van der Waals surface area contributed by atoms with E-state index in [4.69, 9.17) is 0 Å². The molecule has 80 valence electrons. The van der Waals surface area contributed by atoms with Crippen LogP contribution in [0.3, 0.4) is 0 Å². The van der Waals surface area contributed by atoms with Gasteiger partial charge in [0, 0.05) is 6.42 Å². The van der Waals surface area contributed by atoms with Gasteiger partial charge in [-0.25, -0.2) is 0 Å². The van der Waals surface area contributed by atoms with Gasteiger partial charge in [-0.2, -0.15) is 0 Å². The number of ketones is 1. The molecule has 0 radical (unpaired) electrons. The molecule has 1 fully saturated rings. The second-order valence-corrected chi connectivity index (χ2v) is 4.33. The quantitative estimate of drug-likeness (QED) is 0.607. The van der Waals surface area contributed by atoms with Crippen molar-refractivity contribution in [2.24, 2.45) is 5.92 Å². The number of unbranched alkanes of at least 4 members (excludes halogenated alkanes) is 1. The monoisotopic (exact) mass is 194 g/mol. The number of hydrogen-bond donors (Lipinski definition) is 0. The van der Waals surface area contributed by atoms with E-state index in [2.05, 4.69) is 13.0 Å². The van der Waals surface area contributed by atoms with Gasteiger partial charge >= 0.3 is 0 Å². The second-order valence-electron chi connectivity index (χ2n) is 4.33. The molecule has 0 aliphatic heterocycles. The van der Waals surface area contributed by atoms with Crippen molar-refractivity contribution < 1.29 is 4.79 Å². The first-order chi connectivity index (χ1) is 6.83. The van der Waals surface area contributed by atoms with E-state index in [-0.39, 0.29) is 0 Å². The summed E-state index contributed by atoms with van der Waals surface area (Å²) in [7, 11) is 0. The van der Waals surface area contributed by atoms with Gasteiger partial charge in [0.25, 0.3) is 0 Å². The lowest BCUT2D eigenvalue weighted by Crippen LogP contribution is -2.03. The van der Waals surface area contributed by atoms with Crippen LogP contribution >= 0.6 is 0 Å². The molecule has 0 N–H and O–H groups in total. The van der Waals surface area contributed by atoms with Crippen molar-refractivity contribution in [2.75, 3.05) is 0 Å². The van der Waals surface area contributed by atoms with E-state index >= 15 is 0 Å². The van der Waals surface area contributed by atoms with Crippen molar-refractivity contribution >= 4 is 5.78 Å². The molecule has 0 aromatic heterocycles.